The van der Waals surface area contributed by atoms with E-state index in [0.717, 1.165) is 5.69 Å². The molecule has 0 fully saturated rings. The quantitative estimate of drug-likeness (QED) is 0.869. The zero-order chi connectivity index (χ0) is 12.3. The predicted molar refractivity (Wildman–Crippen MR) is 68.9 cm³/mol. The number of hydrogen-bond acceptors (Lipinski definition) is 4. The van der Waals surface area contributed by atoms with E-state index in [1.165, 1.54) is 16.9 Å². The number of hydrogen-bond donors (Lipinski definition) is 2. The van der Waals surface area contributed by atoms with Crippen molar-refractivity contribution in [3.05, 3.63) is 46.4 Å². The van der Waals surface area contributed by atoms with Gasteiger partial charge in [0.25, 0.3) is 0 Å². The van der Waals surface area contributed by atoms with Gasteiger partial charge in [-0.1, -0.05) is 17.7 Å². The number of nitrogens with one attached hydrogen (secondary N) is 1. The van der Waals surface area contributed by atoms with Gasteiger partial charge in [0.1, 0.15) is 5.01 Å². The fraction of sp³-hybridized carbons (Fsp3) is 0.167. The number of aryl methyl sites for hydroxylation is 1. The molecule has 4 nitrogen and oxygen atoms in total. The first kappa shape index (κ1) is 11.6. The largest absolute Gasteiger partial charge is 0.368 e. The lowest BCUT2D eigenvalue weighted by Crippen LogP contribution is -2.27. The summed E-state index contributed by atoms with van der Waals surface area (Å²) in [6.07, 6.45) is 1.66. The lowest BCUT2D eigenvalue weighted by Gasteiger charge is -2.14. The third-order valence-corrected chi connectivity index (χ3v) is 3.19. The molecular weight excluding hydrogens is 234 g/mol. The highest BCUT2D eigenvalue weighted by Crippen LogP contribution is 2.21. The van der Waals surface area contributed by atoms with Crippen LogP contribution in [0.15, 0.2) is 35.8 Å². The van der Waals surface area contributed by atoms with Crippen LogP contribution in [0.2, 0.25) is 0 Å². The standard InChI is InChI=1S/C12H13N3OS/c1-8-2-4-9(5-3-8)15-10(11(13)16)12-14-6-7-17-12/h2-7,10,15H,1H3,(H2,13,16). The number of carbonyl (C=O) groups is 1. The third-order valence-electron chi connectivity index (χ3n) is 2.35. The van der Waals surface area contributed by atoms with Crippen molar-refractivity contribution in [2.45, 2.75) is 13.0 Å². The maximum absolute atomic E-state index is 11.4. The molecule has 1 atom stereocenters. The number of nitrogens with two attached hydrogens (primary N) is 1. The Hall–Kier alpha value is -1.88. The molecule has 0 aliphatic rings. The third kappa shape index (κ3) is 2.82. The molecule has 1 unspecified atom stereocenters. The van der Waals surface area contributed by atoms with E-state index < -0.39 is 11.9 Å². The molecule has 0 spiro atoms. The second kappa shape index (κ2) is 4.97. The summed E-state index contributed by atoms with van der Waals surface area (Å²) in [5.41, 5.74) is 7.39. The number of aromatic nitrogens is 1. The molecule has 5 heteroatoms. The molecule has 0 saturated carbocycles. The molecule has 3 N–H and O–H groups in total. The summed E-state index contributed by atoms with van der Waals surface area (Å²) in [7, 11) is 0. The van der Waals surface area contributed by atoms with Gasteiger partial charge in [-0.15, -0.1) is 11.3 Å². The normalized spacial score (nSPS) is 12.1. The number of primary amides is 1. The van der Waals surface area contributed by atoms with Crippen molar-refractivity contribution in [3.8, 4) is 0 Å². The summed E-state index contributed by atoms with van der Waals surface area (Å²) < 4.78 is 0. The van der Waals surface area contributed by atoms with Gasteiger partial charge in [-0.25, -0.2) is 4.98 Å². The van der Waals surface area contributed by atoms with Crippen molar-refractivity contribution in [2.24, 2.45) is 5.73 Å². The zero-order valence-electron chi connectivity index (χ0n) is 9.38. The summed E-state index contributed by atoms with van der Waals surface area (Å²) in [5.74, 6) is -0.430. The average molecular weight is 247 g/mol. The number of carbonyl (C=O) groups excluding carboxylic acids is 1. The molecule has 88 valence electrons. The van der Waals surface area contributed by atoms with Crippen LogP contribution in [0.1, 0.15) is 16.6 Å². The fourth-order valence-corrected chi connectivity index (χ4v) is 2.14. The van der Waals surface area contributed by atoms with Crippen LogP contribution in [0, 0.1) is 6.92 Å². The van der Waals surface area contributed by atoms with Crippen LogP contribution in [-0.2, 0) is 4.79 Å². The number of nitrogens with zero attached hydrogens (tertiary/aromatic N) is 1. The lowest BCUT2D eigenvalue weighted by atomic mass is 10.2. The fourth-order valence-electron chi connectivity index (χ4n) is 1.45. The molecule has 1 heterocycles. The lowest BCUT2D eigenvalue weighted by molar-refractivity contribution is -0.118. The highest BCUT2D eigenvalue weighted by atomic mass is 32.1. The highest BCUT2D eigenvalue weighted by Gasteiger charge is 2.19. The summed E-state index contributed by atoms with van der Waals surface area (Å²) in [6, 6.07) is 7.21. The summed E-state index contributed by atoms with van der Waals surface area (Å²) in [4.78, 5) is 15.5. The maximum Gasteiger partial charge on any atom is 0.247 e. The van der Waals surface area contributed by atoms with E-state index in [1.807, 2.05) is 36.6 Å². The van der Waals surface area contributed by atoms with E-state index in [2.05, 4.69) is 10.3 Å². The van der Waals surface area contributed by atoms with E-state index in [-0.39, 0.29) is 0 Å². The minimum Gasteiger partial charge on any atom is -0.368 e. The van der Waals surface area contributed by atoms with Gasteiger partial charge in [-0.3, -0.25) is 4.79 Å². The van der Waals surface area contributed by atoms with Crippen molar-refractivity contribution >= 4 is 22.9 Å². The van der Waals surface area contributed by atoms with Crippen LogP contribution >= 0.6 is 11.3 Å². The molecule has 1 aromatic carbocycles. The Morgan fingerprint density at radius 2 is 2.12 bits per heavy atom. The maximum atomic E-state index is 11.4. The zero-order valence-corrected chi connectivity index (χ0v) is 10.2. The van der Waals surface area contributed by atoms with Crippen LogP contribution in [0.25, 0.3) is 0 Å². The first-order chi connectivity index (χ1) is 8.16. The van der Waals surface area contributed by atoms with Crippen molar-refractivity contribution in [2.75, 3.05) is 5.32 Å². The van der Waals surface area contributed by atoms with Crippen molar-refractivity contribution in [1.29, 1.82) is 0 Å². The van der Waals surface area contributed by atoms with E-state index in [0.29, 0.717) is 5.01 Å². The van der Waals surface area contributed by atoms with E-state index in [9.17, 15) is 4.79 Å². The first-order valence-electron chi connectivity index (χ1n) is 5.19. The van der Waals surface area contributed by atoms with Crippen LogP contribution in [-0.4, -0.2) is 10.9 Å². The minimum atomic E-state index is -0.572. The SMILES string of the molecule is Cc1ccc(NC(C(N)=O)c2nccs2)cc1. The van der Waals surface area contributed by atoms with Crippen LogP contribution in [0.4, 0.5) is 5.69 Å². The molecule has 17 heavy (non-hydrogen) atoms. The summed E-state index contributed by atoms with van der Waals surface area (Å²) in [5, 5.41) is 5.58. The molecule has 1 aromatic heterocycles. The molecule has 1 amide bonds. The van der Waals surface area contributed by atoms with Crippen molar-refractivity contribution in [3.63, 3.8) is 0 Å². The number of thiazole rings is 1. The van der Waals surface area contributed by atoms with Gasteiger partial charge in [-0.05, 0) is 19.1 Å². The minimum absolute atomic E-state index is 0.430. The molecule has 0 aliphatic heterocycles. The second-order valence-corrected chi connectivity index (χ2v) is 4.64. The van der Waals surface area contributed by atoms with E-state index in [4.69, 9.17) is 5.73 Å². The number of anilines is 1. The topological polar surface area (TPSA) is 68.0 Å². The van der Waals surface area contributed by atoms with Gasteiger partial charge >= 0.3 is 0 Å². The molecule has 0 bridgehead atoms. The smallest absolute Gasteiger partial charge is 0.247 e. The van der Waals surface area contributed by atoms with Gasteiger partial charge in [0.15, 0.2) is 6.04 Å². The number of rotatable bonds is 4. The van der Waals surface area contributed by atoms with Gasteiger partial charge in [0, 0.05) is 17.3 Å². The summed E-state index contributed by atoms with van der Waals surface area (Å²) >= 11 is 1.41. The van der Waals surface area contributed by atoms with Gasteiger partial charge in [-0.2, -0.15) is 0 Å². The van der Waals surface area contributed by atoms with E-state index in [1.54, 1.807) is 6.20 Å². The van der Waals surface area contributed by atoms with Crippen molar-refractivity contribution in [1.82, 2.24) is 4.98 Å². The Kier molecular flexibility index (Phi) is 3.39. The van der Waals surface area contributed by atoms with E-state index >= 15 is 0 Å². The Labute approximate surface area is 103 Å². The summed E-state index contributed by atoms with van der Waals surface area (Å²) in [6.45, 7) is 2.01. The molecular formula is C12H13N3OS. The highest BCUT2D eigenvalue weighted by molar-refractivity contribution is 7.09. The van der Waals surface area contributed by atoms with Crippen LogP contribution in [0.5, 0.6) is 0 Å². The van der Waals surface area contributed by atoms with Crippen LogP contribution in [0.3, 0.4) is 0 Å². The molecule has 0 aliphatic carbocycles. The van der Waals surface area contributed by atoms with Crippen LogP contribution < -0.4 is 11.1 Å². The number of amides is 1. The van der Waals surface area contributed by atoms with Gasteiger partial charge in [0.05, 0.1) is 0 Å². The molecule has 0 radical (unpaired) electrons. The number of benzene rings is 1. The Balaban J connectivity index is 2.19. The Morgan fingerprint density at radius 1 is 1.41 bits per heavy atom. The average Bonchev–Trinajstić information content (AvgIpc) is 2.81. The Morgan fingerprint density at radius 3 is 2.65 bits per heavy atom. The predicted octanol–water partition coefficient (Wildman–Crippen LogP) is 2.09. The monoisotopic (exact) mass is 247 g/mol. The molecule has 2 aromatic rings. The Bertz CT molecular complexity index is 493. The van der Waals surface area contributed by atoms with Gasteiger partial charge in [0.2, 0.25) is 5.91 Å². The first-order valence-corrected chi connectivity index (χ1v) is 6.06. The molecule has 0 saturated heterocycles. The second-order valence-electron chi connectivity index (χ2n) is 3.72. The molecule has 2 rings (SSSR count). The van der Waals surface area contributed by atoms with Gasteiger partial charge < -0.3 is 11.1 Å². The van der Waals surface area contributed by atoms with Crippen molar-refractivity contribution < 1.29 is 4.79 Å².